The highest BCUT2D eigenvalue weighted by Gasteiger charge is 2.45. The molecule has 0 aliphatic heterocycles. The minimum Gasteiger partial charge on any atom is -0.486 e. The third kappa shape index (κ3) is 6.21. The maximum Gasteiger partial charge on any atom is 0.200 e. The quantitative estimate of drug-likeness (QED) is 0.274. The Morgan fingerprint density at radius 2 is 1.54 bits per heavy atom. The highest BCUT2D eigenvalue weighted by molar-refractivity contribution is 6.77. The topological polar surface area (TPSA) is 27.7 Å². The van der Waals surface area contributed by atoms with Gasteiger partial charge >= 0.3 is 0 Å². The molecule has 2 atom stereocenters. The predicted molar refractivity (Wildman–Crippen MR) is 150 cm³/mol. The Kier molecular flexibility index (Phi) is 9.65. The van der Waals surface area contributed by atoms with Crippen molar-refractivity contribution in [2.45, 2.75) is 110 Å². The molecule has 4 heteroatoms. The van der Waals surface area contributed by atoms with Crippen LogP contribution in [0.2, 0.25) is 16.6 Å². The van der Waals surface area contributed by atoms with Gasteiger partial charge in [-0.2, -0.15) is 0 Å². The molecule has 0 heterocycles. The van der Waals surface area contributed by atoms with Crippen LogP contribution in [0.25, 0.3) is 0 Å². The van der Waals surface area contributed by atoms with Gasteiger partial charge in [0.05, 0.1) is 6.10 Å². The second-order valence-corrected chi connectivity index (χ2v) is 16.7. The van der Waals surface area contributed by atoms with Gasteiger partial charge in [-0.15, -0.1) is 0 Å². The molecule has 0 spiro atoms. The van der Waals surface area contributed by atoms with Crippen molar-refractivity contribution in [1.82, 2.24) is 0 Å². The SMILES string of the molecule is CCO[C@@H](CCO[Si](C(C)C)(C(C)C)C(C)C)c1ccc(O[C@@H]2CCc3c(C)cc(C)cc32)cc1. The Morgan fingerprint density at radius 1 is 0.914 bits per heavy atom. The van der Waals surface area contributed by atoms with Crippen LogP contribution in [0, 0.1) is 13.8 Å². The molecule has 0 aromatic heterocycles. The molecule has 0 amide bonds. The molecular weight excluding hydrogens is 448 g/mol. The summed E-state index contributed by atoms with van der Waals surface area (Å²) in [4.78, 5) is 0. The van der Waals surface area contributed by atoms with Gasteiger partial charge in [0.15, 0.2) is 8.32 Å². The summed E-state index contributed by atoms with van der Waals surface area (Å²) in [6, 6.07) is 13.1. The van der Waals surface area contributed by atoms with Crippen LogP contribution in [0.4, 0.5) is 0 Å². The molecule has 0 saturated heterocycles. The van der Waals surface area contributed by atoms with E-state index in [1.54, 1.807) is 0 Å². The molecule has 0 unspecified atom stereocenters. The van der Waals surface area contributed by atoms with Crippen molar-refractivity contribution < 1.29 is 13.9 Å². The molecule has 1 aliphatic carbocycles. The molecule has 0 N–H and O–H groups in total. The Labute approximate surface area is 215 Å². The number of ether oxygens (including phenoxy) is 2. The van der Waals surface area contributed by atoms with Crippen LogP contribution in [0.3, 0.4) is 0 Å². The van der Waals surface area contributed by atoms with Gasteiger partial charge in [-0.25, -0.2) is 0 Å². The Balaban J connectivity index is 1.67. The van der Waals surface area contributed by atoms with E-state index in [0.29, 0.717) is 23.2 Å². The minimum absolute atomic E-state index is 0.0461. The molecule has 0 radical (unpaired) electrons. The van der Waals surface area contributed by atoms with Crippen LogP contribution < -0.4 is 4.74 Å². The van der Waals surface area contributed by atoms with E-state index in [0.717, 1.165) is 31.6 Å². The van der Waals surface area contributed by atoms with Gasteiger partial charge in [0.2, 0.25) is 0 Å². The number of rotatable bonds is 12. The van der Waals surface area contributed by atoms with Crippen LogP contribution in [0.1, 0.15) is 101 Å². The zero-order valence-corrected chi connectivity index (χ0v) is 24.6. The van der Waals surface area contributed by atoms with E-state index < -0.39 is 8.32 Å². The molecule has 35 heavy (non-hydrogen) atoms. The first-order valence-electron chi connectivity index (χ1n) is 13.7. The summed E-state index contributed by atoms with van der Waals surface area (Å²) in [6.07, 6.45) is 3.22. The van der Waals surface area contributed by atoms with Crippen molar-refractivity contribution in [3.05, 3.63) is 64.2 Å². The minimum atomic E-state index is -1.86. The van der Waals surface area contributed by atoms with Gasteiger partial charge in [0.1, 0.15) is 11.9 Å². The summed E-state index contributed by atoms with van der Waals surface area (Å²) in [5, 5.41) is 0. The standard InChI is InChI=1S/C31H48O3Si/c1-10-32-30(17-18-33-35(21(2)3,22(4)5)23(6)7)26-11-13-27(14-12-26)34-31-16-15-28-25(9)19-24(8)20-29(28)31/h11-14,19-23,30-31H,10,15-18H2,1-9H3/t30-,31+/m0/s1. The van der Waals surface area contributed by atoms with E-state index in [-0.39, 0.29) is 12.2 Å². The predicted octanol–water partition coefficient (Wildman–Crippen LogP) is 9.03. The van der Waals surface area contributed by atoms with Gasteiger partial charge in [-0.1, -0.05) is 71.4 Å². The van der Waals surface area contributed by atoms with Crippen molar-refractivity contribution in [1.29, 1.82) is 0 Å². The molecule has 0 bridgehead atoms. The zero-order valence-electron chi connectivity index (χ0n) is 23.6. The summed E-state index contributed by atoms with van der Waals surface area (Å²) in [5.74, 6) is 0.933. The summed E-state index contributed by atoms with van der Waals surface area (Å²) >= 11 is 0. The van der Waals surface area contributed by atoms with Crippen molar-refractivity contribution in [2.75, 3.05) is 13.2 Å². The molecule has 0 saturated carbocycles. The highest BCUT2D eigenvalue weighted by Crippen LogP contribution is 2.43. The van der Waals surface area contributed by atoms with E-state index in [9.17, 15) is 0 Å². The molecule has 3 nitrogen and oxygen atoms in total. The lowest BCUT2D eigenvalue weighted by atomic mass is 10.0. The Hall–Kier alpha value is -1.62. The van der Waals surface area contributed by atoms with Crippen LogP contribution in [-0.2, 0) is 15.6 Å². The van der Waals surface area contributed by atoms with Crippen molar-refractivity contribution in [3.63, 3.8) is 0 Å². The first kappa shape index (κ1) is 28.0. The lowest BCUT2D eigenvalue weighted by Gasteiger charge is -2.42. The van der Waals surface area contributed by atoms with Gasteiger partial charge in [0.25, 0.3) is 0 Å². The fraction of sp³-hybridized carbons (Fsp3) is 0.613. The first-order chi connectivity index (χ1) is 16.6. The second-order valence-electron chi connectivity index (χ2n) is 11.3. The lowest BCUT2D eigenvalue weighted by Crippen LogP contribution is -2.48. The van der Waals surface area contributed by atoms with Crippen LogP contribution in [0.15, 0.2) is 36.4 Å². The van der Waals surface area contributed by atoms with Crippen LogP contribution in [-0.4, -0.2) is 21.5 Å². The summed E-state index contributed by atoms with van der Waals surface area (Å²) < 4.78 is 19.4. The van der Waals surface area contributed by atoms with E-state index in [1.807, 2.05) is 0 Å². The van der Waals surface area contributed by atoms with Gasteiger partial charge in [-0.3, -0.25) is 0 Å². The fourth-order valence-corrected chi connectivity index (χ4v) is 12.0. The smallest absolute Gasteiger partial charge is 0.200 e. The lowest BCUT2D eigenvalue weighted by molar-refractivity contribution is 0.0439. The number of benzene rings is 2. The normalized spacial score (nSPS) is 16.9. The number of fused-ring (bicyclic) bond motifs is 1. The van der Waals surface area contributed by atoms with E-state index >= 15 is 0 Å². The van der Waals surface area contributed by atoms with Crippen LogP contribution >= 0.6 is 0 Å². The van der Waals surface area contributed by atoms with E-state index in [4.69, 9.17) is 13.9 Å². The fourth-order valence-electron chi connectivity index (χ4n) is 6.53. The van der Waals surface area contributed by atoms with Gasteiger partial charge < -0.3 is 13.9 Å². The average molecular weight is 497 g/mol. The van der Waals surface area contributed by atoms with Crippen molar-refractivity contribution in [3.8, 4) is 5.75 Å². The van der Waals surface area contributed by atoms with Crippen LogP contribution in [0.5, 0.6) is 5.75 Å². The maximum absolute atomic E-state index is 6.81. The zero-order chi connectivity index (χ0) is 25.8. The molecule has 194 valence electrons. The molecule has 3 rings (SSSR count). The number of hydrogen-bond donors (Lipinski definition) is 0. The molecule has 1 aliphatic rings. The monoisotopic (exact) mass is 496 g/mol. The summed E-state index contributed by atoms with van der Waals surface area (Å²) in [5.41, 5.74) is 8.53. The number of hydrogen-bond acceptors (Lipinski definition) is 3. The van der Waals surface area contributed by atoms with Gasteiger partial charge in [0, 0.05) is 13.2 Å². The Morgan fingerprint density at radius 3 is 2.11 bits per heavy atom. The molecular formula is C31H48O3Si. The third-order valence-electron chi connectivity index (χ3n) is 7.99. The first-order valence-corrected chi connectivity index (χ1v) is 15.9. The second kappa shape index (κ2) is 12.1. The molecule has 2 aromatic rings. The molecule has 2 aromatic carbocycles. The maximum atomic E-state index is 6.81. The van der Waals surface area contributed by atoms with E-state index in [1.165, 1.54) is 27.8 Å². The van der Waals surface area contributed by atoms with Crippen molar-refractivity contribution >= 4 is 8.32 Å². The number of aryl methyl sites for hydroxylation is 2. The van der Waals surface area contributed by atoms with Crippen molar-refractivity contribution in [2.24, 2.45) is 0 Å². The Bertz CT molecular complexity index is 927. The average Bonchev–Trinajstić information content (AvgIpc) is 3.18. The highest BCUT2D eigenvalue weighted by atomic mass is 28.4. The van der Waals surface area contributed by atoms with E-state index in [2.05, 4.69) is 98.7 Å². The summed E-state index contributed by atoms with van der Waals surface area (Å²) in [7, 11) is -1.86. The third-order valence-corrected chi connectivity index (χ3v) is 14.1. The summed E-state index contributed by atoms with van der Waals surface area (Å²) in [6.45, 7) is 22.0. The largest absolute Gasteiger partial charge is 0.486 e. The van der Waals surface area contributed by atoms with Gasteiger partial charge in [-0.05, 0) is 91.0 Å². The molecule has 0 fully saturated rings.